The standard InChI is InChI=1S/C6H11N5O/c1-3-7-6(12)10-5-8-4-9-11(5)2/h4H,3H2,1-2H3,(H2,7,8,9,10,12). The number of hydrogen-bond donors (Lipinski definition) is 2. The largest absolute Gasteiger partial charge is 0.338 e. The summed E-state index contributed by atoms with van der Waals surface area (Å²) in [6, 6.07) is -0.270. The van der Waals surface area contributed by atoms with Crippen molar-refractivity contribution in [1.82, 2.24) is 20.1 Å². The van der Waals surface area contributed by atoms with Crippen molar-refractivity contribution in [3.05, 3.63) is 6.33 Å². The maximum absolute atomic E-state index is 11.0. The summed E-state index contributed by atoms with van der Waals surface area (Å²) in [5.74, 6) is 0.431. The van der Waals surface area contributed by atoms with Gasteiger partial charge in [0, 0.05) is 13.6 Å². The van der Waals surface area contributed by atoms with Gasteiger partial charge in [-0.2, -0.15) is 10.1 Å². The molecule has 2 N–H and O–H groups in total. The van der Waals surface area contributed by atoms with Crippen LogP contribution >= 0.6 is 0 Å². The van der Waals surface area contributed by atoms with Crippen molar-refractivity contribution >= 4 is 12.0 Å². The van der Waals surface area contributed by atoms with Gasteiger partial charge in [-0.1, -0.05) is 0 Å². The van der Waals surface area contributed by atoms with Crippen LogP contribution in [0.5, 0.6) is 0 Å². The average Bonchev–Trinajstić information content (AvgIpc) is 2.37. The van der Waals surface area contributed by atoms with Crippen LogP contribution < -0.4 is 10.6 Å². The maximum atomic E-state index is 11.0. The second-order valence-electron chi connectivity index (χ2n) is 2.19. The second kappa shape index (κ2) is 3.70. The molecular formula is C6H11N5O. The summed E-state index contributed by atoms with van der Waals surface area (Å²) in [7, 11) is 1.70. The van der Waals surface area contributed by atoms with Gasteiger partial charge >= 0.3 is 6.03 Å². The van der Waals surface area contributed by atoms with Crippen LogP contribution in [0, 0.1) is 0 Å². The molecule has 0 fully saturated rings. The van der Waals surface area contributed by atoms with Gasteiger partial charge in [-0.05, 0) is 6.92 Å². The van der Waals surface area contributed by atoms with Crippen molar-refractivity contribution < 1.29 is 4.79 Å². The topological polar surface area (TPSA) is 71.8 Å². The lowest BCUT2D eigenvalue weighted by Crippen LogP contribution is -2.29. The van der Waals surface area contributed by atoms with Gasteiger partial charge in [-0.25, -0.2) is 9.48 Å². The summed E-state index contributed by atoms with van der Waals surface area (Å²) in [6.07, 6.45) is 1.38. The minimum Gasteiger partial charge on any atom is -0.338 e. The van der Waals surface area contributed by atoms with E-state index in [1.54, 1.807) is 7.05 Å². The molecule has 1 aromatic rings. The predicted molar refractivity (Wildman–Crippen MR) is 43.7 cm³/mol. The van der Waals surface area contributed by atoms with Gasteiger partial charge in [-0.3, -0.25) is 5.32 Å². The summed E-state index contributed by atoms with van der Waals surface area (Å²) in [6.45, 7) is 2.43. The van der Waals surface area contributed by atoms with Gasteiger partial charge in [0.15, 0.2) is 0 Å². The molecule has 0 spiro atoms. The van der Waals surface area contributed by atoms with Crippen molar-refractivity contribution in [1.29, 1.82) is 0 Å². The Morgan fingerprint density at radius 3 is 3.00 bits per heavy atom. The van der Waals surface area contributed by atoms with E-state index < -0.39 is 0 Å². The molecule has 1 heterocycles. The number of anilines is 1. The third-order valence-corrected chi connectivity index (χ3v) is 1.27. The molecule has 0 saturated heterocycles. The van der Waals surface area contributed by atoms with Crippen LogP contribution in [-0.2, 0) is 7.05 Å². The Kier molecular flexibility index (Phi) is 2.62. The lowest BCUT2D eigenvalue weighted by molar-refractivity contribution is 0.252. The first-order chi connectivity index (χ1) is 5.74. The normalized spacial score (nSPS) is 9.50. The van der Waals surface area contributed by atoms with Gasteiger partial charge in [0.1, 0.15) is 6.33 Å². The Morgan fingerprint density at radius 2 is 2.50 bits per heavy atom. The van der Waals surface area contributed by atoms with Crippen molar-refractivity contribution in [2.45, 2.75) is 6.92 Å². The molecule has 0 saturated carbocycles. The predicted octanol–water partition coefficient (Wildman–Crippen LogP) is -0.0435. The van der Waals surface area contributed by atoms with E-state index in [9.17, 15) is 4.79 Å². The van der Waals surface area contributed by atoms with Crippen LogP contribution in [0.1, 0.15) is 6.92 Å². The van der Waals surface area contributed by atoms with Crippen molar-refractivity contribution in [2.24, 2.45) is 7.05 Å². The number of aromatic nitrogens is 3. The van der Waals surface area contributed by atoms with Crippen LogP contribution in [0.3, 0.4) is 0 Å². The van der Waals surface area contributed by atoms with E-state index in [1.165, 1.54) is 11.0 Å². The molecule has 6 heteroatoms. The molecule has 0 bridgehead atoms. The van der Waals surface area contributed by atoms with Gasteiger partial charge in [0.25, 0.3) is 0 Å². The van der Waals surface area contributed by atoms with E-state index in [0.717, 1.165) is 0 Å². The molecule has 6 nitrogen and oxygen atoms in total. The zero-order chi connectivity index (χ0) is 8.97. The van der Waals surface area contributed by atoms with E-state index in [2.05, 4.69) is 20.7 Å². The highest BCUT2D eigenvalue weighted by Crippen LogP contribution is 1.95. The minimum absolute atomic E-state index is 0.270. The first-order valence-electron chi connectivity index (χ1n) is 3.63. The number of nitrogens with one attached hydrogen (secondary N) is 2. The minimum atomic E-state index is -0.270. The number of rotatable bonds is 2. The molecule has 0 aliphatic heterocycles. The second-order valence-corrected chi connectivity index (χ2v) is 2.19. The number of aryl methyl sites for hydroxylation is 1. The van der Waals surface area contributed by atoms with Gasteiger partial charge < -0.3 is 5.32 Å². The van der Waals surface area contributed by atoms with Crippen molar-refractivity contribution in [2.75, 3.05) is 11.9 Å². The molecule has 1 aromatic heterocycles. The number of hydrogen-bond acceptors (Lipinski definition) is 3. The highest BCUT2D eigenvalue weighted by atomic mass is 16.2. The number of urea groups is 1. The van der Waals surface area contributed by atoms with E-state index >= 15 is 0 Å². The van der Waals surface area contributed by atoms with Crippen molar-refractivity contribution in [3.63, 3.8) is 0 Å². The van der Waals surface area contributed by atoms with E-state index in [1.807, 2.05) is 6.92 Å². The molecule has 66 valence electrons. The number of carbonyl (C=O) groups excluding carboxylic acids is 1. The Labute approximate surface area is 70.0 Å². The third-order valence-electron chi connectivity index (χ3n) is 1.27. The Hall–Kier alpha value is -1.59. The number of carbonyl (C=O) groups is 1. The van der Waals surface area contributed by atoms with Crippen LogP contribution in [-0.4, -0.2) is 27.3 Å². The summed E-state index contributed by atoms with van der Waals surface area (Å²) >= 11 is 0. The Morgan fingerprint density at radius 1 is 1.75 bits per heavy atom. The van der Waals surface area contributed by atoms with Gasteiger partial charge in [-0.15, -0.1) is 0 Å². The summed E-state index contributed by atoms with van der Waals surface area (Å²) in [5, 5.41) is 8.90. The highest BCUT2D eigenvalue weighted by molar-refractivity contribution is 5.87. The third kappa shape index (κ3) is 1.94. The quantitative estimate of drug-likeness (QED) is 0.652. The van der Waals surface area contributed by atoms with Crippen LogP contribution in [0.4, 0.5) is 10.7 Å². The monoisotopic (exact) mass is 169 g/mol. The molecule has 0 radical (unpaired) electrons. The zero-order valence-corrected chi connectivity index (χ0v) is 7.03. The van der Waals surface area contributed by atoms with E-state index in [4.69, 9.17) is 0 Å². The molecule has 0 unspecified atom stereocenters. The smallest absolute Gasteiger partial charge is 0.321 e. The van der Waals surface area contributed by atoms with Crippen LogP contribution in [0.2, 0.25) is 0 Å². The summed E-state index contributed by atoms with van der Waals surface area (Å²) in [4.78, 5) is 14.8. The lowest BCUT2D eigenvalue weighted by atomic mass is 10.7. The molecule has 0 atom stereocenters. The van der Waals surface area contributed by atoms with Crippen molar-refractivity contribution in [3.8, 4) is 0 Å². The molecule has 1 rings (SSSR count). The molecule has 0 aromatic carbocycles. The SMILES string of the molecule is CCNC(=O)Nc1ncnn1C. The molecule has 12 heavy (non-hydrogen) atoms. The zero-order valence-electron chi connectivity index (χ0n) is 7.03. The first kappa shape index (κ1) is 8.51. The number of nitrogens with zero attached hydrogens (tertiary/aromatic N) is 3. The fourth-order valence-electron chi connectivity index (χ4n) is 0.716. The summed E-state index contributed by atoms with van der Waals surface area (Å²) in [5.41, 5.74) is 0. The Balaban J connectivity index is 2.52. The highest BCUT2D eigenvalue weighted by Gasteiger charge is 2.03. The molecule has 0 aliphatic carbocycles. The van der Waals surface area contributed by atoms with Crippen LogP contribution in [0.25, 0.3) is 0 Å². The van der Waals surface area contributed by atoms with Gasteiger partial charge in [0.2, 0.25) is 5.95 Å². The van der Waals surface area contributed by atoms with E-state index in [0.29, 0.717) is 12.5 Å². The lowest BCUT2D eigenvalue weighted by Gasteiger charge is -2.03. The van der Waals surface area contributed by atoms with Gasteiger partial charge in [0.05, 0.1) is 0 Å². The van der Waals surface area contributed by atoms with Crippen LogP contribution in [0.15, 0.2) is 6.33 Å². The molecular weight excluding hydrogens is 158 g/mol. The summed E-state index contributed by atoms with van der Waals surface area (Å²) < 4.78 is 1.48. The molecule has 0 aliphatic rings. The fraction of sp³-hybridized carbons (Fsp3) is 0.500. The fourth-order valence-corrected chi connectivity index (χ4v) is 0.716. The Bertz CT molecular complexity index is 269. The first-order valence-corrected chi connectivity index (χ1v) is 3.63. The molecule has 2 amide bonds. The van der Waals surface area contributed by atoms with E-state index in [-0.39, 0.29) is 6.03 Å². The average molecular weight is 169 g/mol. The maximum Gasteiger partial charge on any atom is 0.321 e. The number of amides is 2.